The minimum absolute atomic E-state index is 0.0158. The first-order valence-corrected chi connectivity index (χ1v) is 18.4. The van der Waals surface area contributed by atoms with Crippen LogP contribution >= 0.6 is 0 Å². The molecule has 3 aliphatic heterocycles. The molecule has 0 bridgehead atoms. The molecule has 2 aromatic carbocycles. The van der Waals surface area contributed by atoms with Crippen molar-refractivity contribution in [1.82, 2.24) is 30.0 Å². The summed E-state index contributed by atoms with van der Waals surface area (Å²) in [4.78, 5) is 58.3. The maximum atomic E-state index is 15.3. The first kappa shape index (κ1) is 39.6. The normalized spacial score (nSPS) is 19.8. The number of nitrogens with one attached hydrogen (secondary N) is 2. The van der Waals surface area contributed by atoms with Crippen LogP contribution in [0, 0.1) is 23.5 Å². The number of imide groups is 1. The summed E-state index contributed by atoms with van der Waals surface area (Å²) in [5.41, 5.74) is 1.01. The van der Waals surface area contributed by atoms with Crippen molar-refractivity contribution in [1.29, 1.82) is 0 Å². The SMILES string of the molecule is C[C@H](OC(=O)NCCOCCN1C(=O)C=CC1=O)C(=O)N(C[C@@H]1CNC[C@@H]1F)[C@@H](c1nc(-c2cc(F)ccc2F)cn1Cc1ccccc1)C1CCOCC1. The Bertz CT molecular complexity index is 1840. The molecule has 0 spiro atoms. The Morgan fingerprint density at radius 1 is 1.05 bits per heavy atom. The molecule has 4 atom stereocenters. The van der Waals surface area contributed by atoms with Gasteiger partial charge in [0.15, 0.2) is 6.10 Å². The summed E-state index contributed by atoms with van der Waals surface area (Å²) < 4.78 is 63.5. The third-order valence-corrected chi connectivity index (χ3v) is 10.00. The molecule has 2 saturated heterocycles. The highest BCUT2D eigenvalue weighted by atomic mass is 19.1. The van der Waals surface area contributed by atoms with Crippen molar-refractivity contribution >= 4 is 23.8 Å². The van der Waals surface area contributed by atoms with Crippen molar-refractivity contribution in [2.45, 2.75) is 44.6 Å². The van der Waals surface area contributed by atoms with E-state index in [9.17, 15) is 23.6 Å². The predicted octanol–water partition coefficient (Wildman–Crippen LogP) is 3.79. The number of hydrogen-bond donors (Lipinski definition) is 2. The Hall–Kier alpha value is -5.06. The van der Waals surface area contributed by atoms with Gasteiger partial charge in [0.05, 0.1) is 31.5 Å². The summed E-state index contributed by atoms with van der Waals surface area (Å²) in [7, 11) is 0. The zero-order valence-electron chi connectivity index (χ0n) is 30.5. The molecule has 0 unspecified atom stereocenters. The number of alkyl halides is 1. The molecule has 2 fully saturated rings. The zero-order chi connectivity index (χ0) is 38.9. The number of nitrogens with zero attached hydrogens (tertiary/aromatic N) is 4. The number of benzene rings is 2. The van der Waals surface area contributed by atoms with Crippen LogP contribution in [0.4, 0.5) is 18.0 Å². The molecular formula is C39H45F3N6O7. The van der Waals surface area contributed by atoms with Crippen LogP contribution < -0.4 is 10.6 Å². The number of aromatic nitrogens is 2. The van der Waals surface area contributed by atoms with E-state index in [0.29, 0.717) is 38.4 Å². The number of imidazole rings is 1. The van der Waals surface area contributed by atoms with Gasteiger partial charge in [0, 0.05) is 75.8 Å². The lowest BCUT2D eigenvalue weighted by Crippen LogP contribution is -2.49. The van der Waals surface area contributed by atoms with Gasteiger partial charge < -0.3 is 34.3 Å². The Balaban J connectivity index is 1.25. The molecule has 0 radical (unpaired) electrons. The Labute approximate surface area is 316 Å². The topological polar surface area (TPSA) is 144 Å². The van der Waals surface area contributed by atoms with Crippen LogP contribution in [0.2, 0.25) is 0 Å². The summed E-state index contributed by atoms with van der Waals surface area (Å²) in [6, 6.07) is 11.8. The van der Waals surface area contributed by atoms with Gasteiger partial charge in [0.25, 0.3) is 17.7 Å². The predicted molar refractivity (Wildman–Crippen MR) is 193 cm³/mol. The molecule has 4 amide bonds. The van der Waals surface area contributed by atoms with Gasteiger partial charge in [-0.2, -0.15) is 0 Å². The van der Waals surface area contributed by atoms with Crippen molar-refractivity contribution in [2.75, 3.05) is 59.2 Å². The molecule has 2 N–H and O–H groups in total. The van der Waals surface area contributed by atoms with E-state index in [1.165, 1.54) is 24.0 Å². The highest BCUT2D eigenvalue weighted by molar-refractivity contribution is 6.12. The van der Waals surface area contributed by atoms with Crippen molar-refractivity contribution in [2.24, 2.45) is 11.8 Å². The molecule has 0 saturated carbocycles. The molecule has 3 aromatic rings. The van der Waals surface area contributed by atoms with Crippen molar-refractivity contribution in [3.05, 3.63) is 89.9 Å². The molecule has 4 heterocycles. The molecular weight excluding hydrogens is 721 g/mol. The van der Waals surface area contributed by atoms with Gasteiger partial charge in [-0.1, -0.05) is 30.3 Å². The monoisotopic (exact) mass is 766 g/mol. The van der Waals surface area contributed by atoms with Gasteiger partial charge in [0.2, 0.25) is 0 Å². The van der Waals surface area contributed by atoms with Crippen LogP contribution in [0.5, 0.6) is 0 Å². The number of alkyl carbamates (subject to hydrolysis) is 1. The quantitative estimate of drug-likeness (QED) is 0.165. The van der Waals surface area contributed by atoms with E-state index in [1.807, 2.05) is 34.9 Å². The van der Waals surface area contributed by atoms with Crippen molar-refractivity contribution < 1.29 is 46.6 Å². The molecule has 1 aromatic heterocycles. The van der Waals surface area contributed by atoms with Gasteiger partial charge in [-0.3, -0.25) is 19.3 Å². The van der Waals surface area contributed by atoms with Crippen molar-refractivity contribution in [3.63, 3.8) is 0 Å². The fourth-order valence-electron chi connectivity index (χ4n) is 7.13. The van der Waals surface area contributed by atoms with E-state index in [4.69, 9.17) is 19.2 Å². The summed E-state index contributed by atoms with van der Waals surface area (Å²) >= 11 is 0. The average molecular weight is 767 g/mol. The number of carbonyl (C=O) groups excluding carboxylic acids is 4. The Kier molecular flexibility index (Phi) is 13.3. The van der Waals surface area contributed by atoms with E-state index in [2.05, 4.69) is 10.6 Å². The second-order valence-corrected chi connectivity index (χ2v) is 13.8. The third-order valence-electron chi connectivity index (χ3n) is 10.00. The van der Waals surface area contributed by atoms with E-state index >= 15 is 8.78 Å². The summed E-state index contributed by atoms with van der Waals surface area (Å²) in [5.74, 6) is -3.15. The molecule has 6 rings (SSSR count). The van der Waals surface area contributed by atoms with Crippen LogP contribution in [0.25, 0.3) is 11.3 Å². The molecule has 16 heteroatoms. The van der Waals surface area contributed by atoms with Gasteiger partial charge in [-0.25, -0.2) is 22.9 Å². The third kappa shape index (κ3) is 9.98. The Morgan fingerprint density at radius 3 is 2.51 bits per heavy atom. The number of rotatable bonds is 16. The van der Waals surface area contributed by atoms with Gasteiger partial charge >= 0.3 is 6.09 Å². The average Bonchev–Trinajstić information content (AvgIpc) is 3.88. The lowest BCUT2D eigenvalue weighted by molar-refractivity contribution is -0.146. The highest BCUT2D eigenvalue weighted by Gasteiger charge is 2.42. The minimum Gasteiger partial charge on any atom is -0.436 e. The van der Waals surface area contributed by atoms with Gasteiger partial charge in [0.1, 0.15) is 23.6 Å². The molecule has 55 heavy (non-hydrogen) atoms. The van der Waals surface area contributed by atoms with Crippen molar-refractivity contribution in [3.8, 4) is 11.3 Å². The largest absolute Gasteiger partial charge is 0.436 e. The van der Waals surface area contributed by atoms with E-state index < -0.39 is 59.7 Å². The maximum absolute atomic E-state index is 15.3. The molecule has 3 aliphatic rings. The van der Waals surface area contributed by atoms with Crippen LogP contribution in [0.3, 0.4) is 0 Å². The maximum Gasteiger partial charge on any atom is 0.407 e. The zero-order valence-corrected chi connectivity index (χ0v) is 30.5. The summed E-state index contributed by atoms with van der Waals surface area (Å²) in [5, 5.41) is 5.59. The molecule has 13 nitrogen and oxygen atoms in total. The number of carbonyl (C=O) groups is 4. The second kappa shape index (κ2) is 18.5. The number of amides is 4. The Morgan fingerprint density at radius 2 is 1.80 bits per heavy atom. The van der Waals surface area contributed by atoms with E-state index in [1.54, 1.807) is 6.20 Å². The lowest BCUT2D eigenvalue weighted by atomic mass is 9.88. The van der Waals surface area contributed by atoms with Crippen LogP contribution in [0.15, 0.2) is 66.9 Å². The summed E-state index contributed by atoms with van der Waals surface area (Å²) in [6.45, 7) is 3.13. The fraction of sp³-hybridized carbons (Fsp3) is 0.462. The highest BCUT2D eigenvalue weighted by Crippen LogP contribution is 2.38. The van der Waals surface area contributed by atoms with Crippen LogP contribution in [-0.2, 0) is 35.1 Å². The number of halogens is 3. The first-order chi connectivity index (χ1) is 26.6. The number of ether oxygens (including phenoxy) is 3. The molecule has 294 valence electrons. The van der Waals surface area contributed by atoms with E-state index in [-0.39, 0.29) is 63.1 Å². The fourth-order valence-corrected chi connectivity index (χ4v) is 7.13. The molecule has 0 aliphatic carbocycles. The minimum atomic E-state index is -1.31. The lowest BCUT2D eigenvalue weighted by Gasteiger charge is -2.40. The van der Waals surface area contributed by atoms with Gasteiger partial charge in [-0.05, 0) is 49.4 Å². The smallest absolute Gasteiger partial charge is 0.407 e. The second-order valence-electron chi connectivity index (χ2n) is 13.8. The number of hydrogen-bond acceptors (Lipinski definition) is 9. The van der Waals surface area contributed by atoms with Gasteiger partial charge in [-0.15, -0.1) is 0 Å². The summed E-state index contributed by atoms with van der Waals surface area (Å²) in [6.07, 6.45) is 1.62. The standard InChI is InChI=1S/C39H45F3N6O7/c1-25(55-39(52)44-13-17-54-18-14-47-34(49)9-10-35(47)50)38(51)48(23-28-20-43-21-32(28)42)36(27-11-15-53-16-12-27)37-45-33(30-19-29(40)7-8-31(30)41)24-46(37)22-26-5-3-2-4-6-26/h2-10,19,24-25,27-28,32,36,43H,11-18,20-23H2,1H3,(H,44,52)/t25-,28-,32-,36+/m0/s1. The van der Waals surface area contributed by atoms with E-state index in [0.717, 1.165) is 28.7 Å². The first-order valence-electron chi connectivity index (χ1n) is 18.4. The van der Waals surface area contributed by atoms with Crippen LogP contribution in [-0.4, -0.2) is 115 Å². The van der Waals surface area contributed by atoms with Crippen LogP contribution in [0.1, 0.15) is 37.2 Å².